The third-order valence-electron chi connectivity index (χ3n) is 1.53. The van der Waals surface area contributed by atoms with Crippen LogP contribution in [-0.4, -0.2) is 26.3 Å². The van der Waals surface area contributed by atoms with Crippen LogP contribution < -0.4 is 0 Å². The van der Waals surface area contributed by atoms with Gasteiger partial charge in [0.25, 0.3) is 0 Å². The maximum Gasteiger partial charge on any atom is 0.503 e. The van der Waals surface area contributed by atoms with Crippen LogP contribution in [0.5, 0.6) is 0 Å². The molecule has 0 spiro atoms. The molecule has 0 saturated carbocycles. The Morgan fingerprint density at radius 3 is 2.31 bits per heavy atom. The summed E-state index contributed by atoms with van der Waals surface area (Å²) in [4.78, 5) is 16.4. The molecule has 0 amide bonds. The Bertz CT molecular complexity index is 515. The Labute approximate surface area is 100 Å². The molecule has 1 aromatic carbocycles. The van der Waals surface area contributed by atoms with E-state index >= 15 is 0 Å². The van der Waals surface area contributed by atoms with E-state index in [0.29, 0.717) is 5.15 Å². The summed E-state index contributed by atoms with van der Waals surface area (Å²) < 4.78 is 0. The first-order valence-corrected chi connectivity index (χ1v) is 4.76. The van der Waals surface area contributed by atoms with Gasteiger partial charge in [0, 0.05) is 5.39 Å². The molecule has 0 aliphatic carbocycles. The van der Waals surface area contributed by atoms with Crippen molar-refractivity contribution < 1.29 is 15.0 Å². The van der Waals surface area contributed by atoms with E-state index in [4.69, 9.17) is 38.2 Å². The SMILES string of the molecule is Clc1nc(Cl)c2ccccc2n1.O=C(O)O. The molecule has 1 heterocycles. The van der Waals surface area contributed by atoms with Crippen molar-refractivity contribution in [2.45, 2.75) is 0 Å². The molecule has 0 saturated heterocycles. The molecule has 5 nitrogen and oxygen atoms in total. The van der Waals surface area contributed by atoms with Crippen LogP contribution in [-0.2, 0) is 0 Å². The second kappa shape index (κ2) is 5.48. The Morgan fingerprint density at radius 1 is 1.12 bits per heavy atom. The van der Waals surface area contributed by atoms with Crippen molar-refractivity contribution in [1.29, 1.82) is 0 Å². The van der Waals surface area contributed by atoms with Crippen molar-refractivity contribution in [2.75, 3.05) is 0 Å². The summed E-state index contributed by atoms with van der Waals surface area (Å²) in [5, 5.41) is 15.3. The molecule has 0 atom stereocenters. The lowest BCUT2D eigenvalue weighted by atomic mass is 10.2. The molecule has 0 radical (unpaired) electrons. The van der Waals surface area contributed by atoms with Crippen LogP contribution in [0.1, 0.15) is 0 Å². The lowest BCUT2D eigenvalue weighted by molar-refractivity contribution is 0.137. The molecule has 2 aromatic rings. The zero-order valence-corrected chi connectivity index (χ0v) is 9.27. The number of nitrogens with zero attached hydrogens (tertiary/aromatic N) is 2. The highest BCUT2D eigenvalue weighted by Crippen LogP contribution is 2.20. The molecule has 0 aliphatic rings. The fourth-order valence-corrected chi connectivity index (χ4v) is 1.47. The van der Waals surface area contributed by atoms with Crippen molar-refractivity contribution in [3.05, 3.63) is 34.7 Å². The average molecular weight is 261 g/mol. The van der Waals surface area contributed by atoms with Crippen molar-refractivity contribution in [1.82, 2.24) is 9.97 Å². The number of rotatable bonds is 0. The van der Waals surface area contributed by atoms with E-state index in [-0.39, 0.29) is 5.28 Å². The number of benzene rings is 1. The minimum atomic E-state index is -1.83. The monoisotopic (exact) mass is 260 g/mol. The van der Waals surface area contributed by atoms with E-state index in [1.165, 1.54) is 0 Å². The number of para-hydroxylation sites is 1. The molecule has 0 bridgehead atoms. The van der Waals surface area contributed by atoms with Crippen molar-refractivity contribution in [3.8, 4) is 0 Å². The first kappa shape index (κ1) is 12.5. The number of hydrogen-bond donors (Lipinski definition) is 2. The zero-order valence-electron chi connectivity index (χ0n) is 7.76. The van der Waals surface area contributed by atoms with Gasteiger partial charge < -0.3 is 10.2 Å². The maximum atomic E-state index is 8.56. The normalized spacial score (nSPS) is 9.38. The summed E-state index contributed by atoms with van der Waals surface area (Å²) in [5.41, 5.74) is 0.766. The molecule has 16 heavy (non-hydrogen) atoms. The summed E-state index contributed by atoms with van der Waals surface area (Å²) in [6.45, 7) is 0. The van der Waals surface area contributed by atoms with E-state index in [1.807, 2.05) is 24.3 Å². The van der Waals surface area contributed by atoms with Gasteiger partial charge in [-0.1, -0.05) is 23.7 Å². The van der Waals surface area contributed by atoms with E-state index < -0.39 is 6.16 Å². The lowest BCUT2D eigenvalue weighted by Crippen LogP contribution is -1.85. The summed E-state index contributed by atoms with van der Waals surface area (Å²) in [6.07, 6.45) is -1.83. The maximum absolute atomic E-state index is 8.56. The van der Waals surface area contributed by atoms with Crippen LogP contribution in [0.2, 0.25) is 10.4 Å². The van der Waals surface area contributed by atoms with Gasteiger partial charge in [-0.25, -0.2) is 14.8 Å². The second-order valence-electron chi connectivity index (χ2n) is 2.58. The van der Waals surface area contributed by atoms with Crippen LogP contribution in [0.25, 0.3) is 10.9 Å². The zero-order chi connectivity index (χ0) is 12.1. The molecular weight excluding hydrogens is 255 g/mol. The van der Waals surface area contributed by atoms with Gasteiger partial charge in [-0.15, -0.1) is 0 Å². The Morgan fingerprint density at radius 2 is 1.69 bits per heavy atom. The van der Waals surface area contributed by atoms with E-state index in [0.717, 1.165) is 10.9 Å². The van der Waals surface area contributed by atoms with Crippen LogP contribution in [0.3, 0.4) is 0 Å². The fourth-order valence-electron chi connectivity index (χ4n) is 1.01. The van der Waals surface area contributed by atoms with Gasteiger partial charge in [0.1, 0.15) is 5.15 Å². The highest BCUT2D eigenvalue weighted by molar-refractivity contribution is 6.35. The molecule has 2 N–H and O–H groups in total. The molecule has 0 fully saturated rings. The van der Waals surface area contributed by atoms with Crippen molar-refractivity contribution in [3.63, 3.8) is 0 Å². The number of carboxylic acid groups (broad SMARTS) is 2. The largest absolute Gasteiger partial charge is 0.503 e. The first-order chi connectivity index (χ1) is 7.50. The van der Waals surface area contributed by atoms with Crippen LogP contribution >= 0.6 is 23.2 Å². The van der Waals surface area contributed by atoms with Gasteiger partial charge in [0.15, 0.2) is 0 Å². The summed E-state index contributed by atoms with van der Waals surface area (Å²) in [7, 11) is 0. The van der Waals surface area contributed by atoms with E-state index in [2.05, 4.69) is 9.97 Å². The Kier molecular flexibility index (Phi) is 4.28. The minimum absolute atomic E-state index is 0.179. The molecule has 1 aromatic heterocycles. The highest BCUT2D eigenvalue weighted by Gasteiger charge is 2.01. The first-order valence-electron chi connectivity index (χ1n) is 4.00. The third-order valence-corrected chi connectivity index (χ3v) is 1.99. The number of hydrogen-bond acceptors (Lipinski definition) is 3. The third kappa shape index (κ3) is 3.52. The second-order valence-corrected chi connectivity index (χ2v) is 3.28. The predicted molar refractivity (Wildman–Crippen MR) is 60.2 cm³/mol. The Balaban J connectivity index is 0.000000280. The number of halogens is 2. The smallest absolute Gasteiger partial charge is 0.450 e. The predicted octanol–water partition coefficient (Wildman–Crippen LogP) is 3.16. The van der Waals surface area contributed by atoms with Crippen LogP contribution in [0, 0.1) is 0 Å². The molecular formula is C9H6Cl2N2O3. The van der Waals surface area contributed by atoms with E-state index in [9.17, 15) is 0 Å². The summed E-state index contributed by atoms with van der Waals surface area (Å²) >= 11 is 11.4. The average Bonchev–Trinajstić information content (AvgIpc) is 2.16. The standard InChI is InChI=1S/C8H4Cl2N2.CH2O3/c9-7-5-3-1-2-4-6(5)11-8(10)12-7;2-1(3)4/h1-4H;(H2,2,3,4). The quantitative estimate of drug-likeness (QED) is 0.562. The van der Waals surface area contributed by atoms with Gasteiger partial charge in [0.2, 0.25) is 5.28 Å². The molecule has 0 aliphatic heterocycles. The highest BCUT2D eigenvalue weighted by atomic mass is 35.5. The van der Waals surface area contributed by atoms with Gasteiger partial charge in [-0.2, -0.15) is 0 Å². The van der Waals surface area contributed by atoms with Crippen molar-refractivity contribution in [2.24, 2.45) is 0 Å². The lowest BCUT2D eigenvalue weighted by Gasteiger charge is -1.97. The van der Waals surface area contributed by atoms with E-state index in [1.54, 1.807) is 0 Å². The topological polar surface area (TPSA) is 83.3 Å². The van der Waals surface area contributed by atoms with Gasteiger partial charge in [-0.3, -0.25) is 0 Å². The summed E-state index contributed by atoms with van der Waals surface area (Å²) in [6, 6.07) is 7.45. The summed E-state index contributed by atoms with van der Waals surface area (Å²) in [5.74, 6) is 0. The fraction of sp³-hybridized carbons (Fsp3) is 0. The molecule has 2 rings (SSSR count). The molecule has 7 heteroatoms. The number of carbonyl (C=O) groups is 1. The molecule has 84 valence electrons. The van der Waals surface area contributed by atoms with Gasteiger partial charge in [0.05, 0.1) is 5.52 Å². The van der Waals surface area contributed by atoms with Crippen LogP contribution in [0.15, 0.2) is 24.3 Å². The number of fused-ring (bicyclic) bond motifs is 1. The Hall–Kier alpha value is -1.59. The number of aromatic nitrogens is 2. The van der Waals surface area contributed by atoms with Gasteiger partial charge >= 0.3 is 6.16 Å². The van der Waals surface area contributed by atoms with Gasteiger partial charge in [-0.05, 0) is 23.7 Å². The molecule has 0 unspecified atom stereocenters. The van der Waals surface area contributed by atoms with Crippen LogP contribution in [0.4, 0.5) is 4.79 Å². The minimum Gasteiger partial charge on any atom is -0.450 e. The van der Waals surface area contributed by atoms with Crippen molar-refractivity contribution >= 4 is 40.3 Å².